The van der Waals surface area contributed by atoms with Gasteiger partial charge in [0.1, 0.15) is 35.9 Å². The van der Waals surface area contributed by atoms with Crippen molar-refractivity contribution < 1.29 is 27.8 Å². The third-order valence-electron chi connectivity index (χ3n) is 5.41. The molecular weight excluding hydrogens is 412 g/mol. The number of benzene rings is 1. The molecule has 0 spiro atoms. The van der Waals surface area contributed by atoms with Crippen LogP contribution in [0.2, 0.25) is 0 Å². The van der Waals surface area contributed by atoms with Gasteiger partial charge < -0.3 is 25.1 Å². The number of fused-ring (bicyclic) bond motifs is 3. The third-order valence-corrected chi connectivity index (χ3v) is 5.41. The van der Waals surface area contributed by atoms with E-state index in [9.17, 15) is 18.4 Å². The van der Waals surface area contributed by atoms with E-state index >= 15 is 0 Å². The first-order chi connectivity index (χ1) is 14.6. The number of hydrogen-bond acceptors (Lipinski definition) is 6. The molecule has 31 heavy (non-hydrogen) atoms. The molecule has 1 aromatic carbocycles. The average Bonchev–Trinajstić information content (AvgIpc) is 3.13. The monoisotopic (exact) mass is 435 g/mol. The molecule has 2 aliphatic rings. The molecule has 166 valence electrons. The van der Waals surface area contributed by atoms with Crippen LogP contribution in [-0.4, -0.2) is 52.3 Å². The fourth-order valence-corrected chi connectivity index (χ4v) is 3.81. The standard InChI is InChI=1S/C20H23F2N5O4/c1-10(17(23)28)24-11-4-5-12-13(8-11)30-7-6-26-9-14(25-18(12)26)27-15(16(21)22)20(2,3)31-19(27)29/h4-5,8-10,15-16,24H,6-7H2,1-3H3,(H2,23,28)/t10-,15?/m0/s1. The Hall–Kier alpha value is -3.37. The largest absolute Gasteiger partial charge is 0.491 e. The van der Waals surface area contributed by atoms with Gasteiger partial charge in [-0.3, -0.25) is 4.79 Å². The lowest BCUT2D eigenvalue weighted by Crippen LogP contribution is -2.47. The highest BCUT2D eigenvalue weighted by Crippen LogP contribution is 2.40. The highest BCUT2D eigenvalue weighted by atomic mass is 19.3. The summed E-state index contributed by atoms with van der Waals surface area (Å²) in [7, 11) is 0. The van der Waals surface area contributed by atoms with Crippen molar-refractivity contribution in [2.75, 3.05) is 16.8 Å². The van der Waals surface area contributed by atoms with Gasteiger partial charge in [-0.2, -0.15) is 0 Å². The van der Waals surface area contributed by atoms with E-state index in [-0.39, 0.29) is 5.82 Å². The van der Waals surface area contributed by atoms with Crippen molar-refractivity contribution in [3.63, 3.8) is 0 Å². The van der Waals surface area contributed by atoms with Crippen molar-refractivity contribution in [2.45, 2.75) is 51.4 Å². The van der Waals surface area contributed by atoms with E-state index in [4.69, 9.17) is 15.2 Å². The lowest BCUT2D eigenvalue weighted by Gasteiger charge is -2.26. The number of halogens is 2. The van der Waals surface area contributed by atoms with Gasteiger partial charge in [-0.1, -0.05) is 0 Å². The van der Waals surface area contributed by atoms with Gasteiger partial charge in [0.05, 0.1) is 12.1 Å². The Kier molecular flexibility index (Phi) is 4.98. The summed E-state index contributed by atoms with van der Waals surface area (Å²) in [5, 5.41) is 2.98. The Bertz CT molecular complexity index is 1040. The Balaban J connectivity index is 1.71. The van der Waals surface area contributed by atoms with Crippen molar-refractivity contribution in [3.8, 4) is 17.1 Å². The lowest BCUT2D eigenvalue weighted by molar-refractivity contribution is -0.118. The van der Waals surface area contributed by atoms with E-state index in [0.717, 1.165) is 4.90 Å². The Morgan fingerprint density at radius 2 is 2.13 bits per heavy atom. The zero-order valence-corrected chi connectivity index (χ0v) is 17.3. The van der Waals surface area contributed by atoms with Gasteiger partial charge in [0, 0.05) is 18.0 Å². The summed E-state index contributed by atoms with van der Waals surface area (Å²) < 4.78 is 40.3. The van der Waals surface area contributed by atoms with Crippen LogP contribution in [0.1, 0.15) is 20.8 Å². The van der Waals surface area contributed by atoms with E-state index in [1.807, 2.05) is 0 Å². The van der Waals surface area contributed by atoms with Crippen molar-refractivity contribution in [1.29, 1.82) is 0 Å². The molecule has 1 unspecified atom stereocenters. The summed E-state index contributed by atoms with van der Waals surface area (Å²) in [5.41, 5.74) is 5.20. The molecule has 2 aromatic rings. The molecule has 1 aromatic heterocycles. The zero-order chi connectivity index (χ0) is 22.5. The predicted molar refractivity (Wildman–Crippen MR) is 108 cm³/mol. The first kappa shape index (κ1) is 20.9. The number of nitrogens with two attached hydrogens (primary N) is 1. The number of nitrogens with one attached hydrogen (secondary N) is 1. The maximum absolute atomic E-state index is 13.8. The number of rotatable bonds is 5. The fraction of sp³-hybridized carbons (Fsp3) is 0.450. The van der Waals surface area contributed by atoms with Gasteiger partial charge in [0.25, 0.3) is 6.43 Å². The second kappa shape index (κ2) is 7.40. The summed E-state index contributed by atoms with van der Waals surface area (Å²) in [5.74, 6) is 0.577. The minimum absolute atomic E-state index is 0.0910. The maximum Gasteiger partial charge on any atom is 0.416 e. The normalized spacial score (nSPS) is 20.4. The number of anilines is 2. The number of cyclic esters (lactones) is 1. The Morgan fingerprint density at radius 3 is 2.81 bits per heavy atom. The summed E-state index contributed by atoms with van der Waals surface area (Å²) in [6.45, 7) is 5.26. The van der Waals surface area contributed by atoms with E-state index in [0.29, 0.717) is 36.0 Å². The van der Waals surface area contributed by atoms with Crippen LogP contribution in [-0.2, 0) is 16.1 Å². The highest BCUT2D eigenvalue weighted by molar-refractivity contribution is 5.91. The van der Waals surface area contributed by atoms with Crippen LogP contribution in [0.5, 0.6) is 5.75 Å². The van der Waals surface area contributed by atoms with Gasteiger partial charge in [-0.05, 0) is 32.9 Å². The number of aromatic nitrogens is 2. The summed E-state index contributed by atoms with van der Waals surface area (Å²) in [6.07, 6.45) is -2.12. The number of hydrogen-bond donors (Lipinski definition) is 2. The molecule has 0 bridgehead atoms. The molecule has 1 saturated heterocycles. The zero-order valence-electron chi connectivity index (χ0n) is 17.3. The number of nitrogens with zero attached hydrogens (tertiary/aromatic N) is 3. The van der Waals surface area contributed by atoms with Crippen molar-refractivity contribution >= 4 is 23.5 Å². The second-order valence-corrected chi connectivity index (χ2v) is 8.06. The SMILES string of the molecule is C[C@H](Nc1ccc2c(c1)OCCn1cc(N3C(=O)OC(C)(C)C3C(F)F)nc1-2)C(N)=O. The van der Waals surface area contributed by atoms with Crippen molar-refractivity contribution in [1.82, 2.24) is 9.55 Å². The number of amides is 2. The number of carbonyl (C=O) groups excluding carboxylic acids is 2. The van der Waals surface area contributed by atoms with Crippen LogP contribution in [0, 0.1) is 0 Å². The fourth-order valence-electron chi connectivity index (χ4n) is 3.81. The van der Waals surface area contributed by atoms with Gasteiger partial charge in [-0.25, -0.2) is 23.5 Å². The molecule has 2 amide bonds. The highest BCUT2D eigenvalue weighted by Gasteiger charge is 2.54. The molecule has 0 radical (unpaired) electrons. The molecule has 2 atom stereocenters. The van der Waals surface area contributed by atoms with Gasteiger partial charge >= 0.3 is 6.09 Å². The molecule has 0 aliphatic carbocycles. The number of carbonyl (C=O) groups is 2. The molecule has 3 heterocycles. The van der Waals surface area contributed by atoms with Gasteiger partial charge in [0.15, 0.2) is 5.82 Å². The predicted octanol–water partition coefficient (Wildman–Crippen LogP) is 2.60. The molecule has 11 heteroatoms. The smallest absolute Gasteiger partial charge is 0.416 e. The summed E-state index contributed by atoms with van der Waals surface area (Å²) in [4.78, 5) is 29.1. The van der Waals surface area contributed by atoms with Crippen LogP contribution in [0.4, 0.5) is 25.1 Å². The number of imidazole rings is 1. The molecular formula is C20H23F2N5O4. The van der Waals surface area contributed by atoms with E-state index in [1.54, 1.807) is 35.9 Å². The Labute approximate surface area is 177 Å². The van der Waals surface area contributed by atoms with Crippen LogP contribution >= 0.6 is 0 Å². The second-order valence-electron chi connectivity index (χ2n) is 8.06. The molecule has 3 N–H and O–H groups in total. The minimum atomic E-state index is -2.81. The lowest BCUT2D eigenvalue weighted by atomic mass is 9.99. The summed E-state index contributed by atoms with van der Waals surface area (Å²) >= 11 is 0. The summed E-state index contributed by atoms with van der Waals surface area (Å²) in [6, 6.07) is 3.16. The van der Waals surface area contributed by atoms with Crippen LogP contribution in [0.25, 0.3) is 11.4 Å². The van der Waals surface area contributed by atoms with Gasteiger partial charge in [0.2, 0.25) is 5.91 Å². The van der Waals surface area contributed by atoms with Crippen LogP contribution in [0.15, 0.2) is 24.4 Å². The van der Waals surface area contributed by atoms with E-state index < -0.39 is 36.1 Å². The minimum Gasteiger partial charge on any atom is -0.491 e. The molecule has 1 fully saturated rings. The Morgan fingerprint density at radius 1 is 1.39 bits per heavy atom. The quantitative estimate of drug-likeness (QED) is 0.747. The third kappa shape index (κ3) is 3.64. The molecule has 4 rings (SSSR count). The van der Waals surface area contributed by atoms with Gasteiger partial charge in [-0.15, -0.1) is 0 Å². The first-order valence-electron chi connectivity index (χ1n) is 9.79. The van der Waals surface area contributed by atoms with Crippen molar-refractivity contribution in [3.05, 3.63) is 24.4 Å². The van der Waals surface area contributed by atoms with Crippen molar-refractivity contribution in [2.24, 2.45) is 5.73 Å². The molecule has 2 aliphatic heterocycles. The van der Waals surface area contributed by atoms with E-state index in [1.165, 1.54) is 13.8 Å². The number of alkyl halides is 2. The topological polar surface area (TPSA) is 112 Å². The molecule has 0 saturated carbocycles. The molecule has 9 nitrogen and oxygen atoms in total. The number of ether oxygens (including phenoxy) is 2. The van der Waals surface area contributed by atoms with E-state index in [2.05, 4.69) is 10.3 Å². The van der Waals surface area contributed by atoms with Crippen LogP contribution in [0.3, 0.4) is 0 Å². The average molecular weight is 435 g/mol. The number of primary amides is 1. The van der Waals surface area contributed by atoms with Crippen LogP contribution < -0.4 is 20.7 Å². The first-order valence-corrected chi connectivity index (χ1v) is 9.79. The maximum atomic E-state index is 13.8.